The van der Waals surface area contributed by atoms with Gasteiger partial charge < -0.3 is 10.5 Å². The smallest absolute Gasteiger partial charge is 0.165 e. The molecule has 1 aromatic carbocycles. The Hall–Kier alpha value is -1.56. The number of hydrogen-bond acceptors (Lipinski definition) is 3. The first-order valence-corrected chi connectivity index (χ1v) is 5.65. The van der Waals surface area contributed by atoms with Crippen LogP contribution in [-0.2, 0) is 7.05 Å². The Morgan fingerprint density at radius 1 is 1.47 bits per heavy atom. The molecule has 4 nitrogen and oxygen atoms in total. The van der Waals surface area contributed by atoms with Crippen LogP contribution in [0, 0.1) is 5.82 Å². The normalized spacial score (nSPS) is 10.6. The minimum absolute atomic E-state index is 0.203. The molecule has 1 aromatic heterocycles. The van der Waals surface area contributed by atoms with Gasteiger partial charge in [-0.3, -0.25) is 4.68 Å². The second-order valence-electron chi connectivity index (χ2n) is 3.52. The van der Waals surface area contributed by atoms with Gasteiger partial charge in [-0.2, -0.15) is 5.10 Å². The molecule has 0 aliphatic heterocycles. The molecule has 0 atom stereocenters. The Bertz CT molecular complexity index is 568. The van der Waals surface area contributed by atoms with Crippen molar-refractivity contribution >= 4 is 21.7 Å². The van der Waals surface area contributed by atoms with Gasteiger partial charge in [0.15, 0.2) is 11.6 Å². The molecule has 1 heterocycles. The largest absolute Gasteiger partial charge is 0.494 e. The standard InChI is InChI=1S/C11H11BrFN3O/c1-16-11(14)9(12)10(15-16)6-3-4-8(17-2)7(13)5-6/h3-5H,14H2,1-2H3. The van der Waals surface area contributed by atoms with Crippen LogP contribution in [0.25, 0.3) is 11.3 Å². The summed E-state index contributed by atoms with van der Waals surface area (Å²) in [5.41, 5.74) is 7.01. The molecular weight excluding hydrogens is 289 g/mol. The molecule has 0 amide bonds. The second kappa shape index (κ2) is 4.37. The lowest BCUT2D eigenvalue weighted by molar-refractivity contribution is 0.386. The number of anilines is 1. The van der Waals surface area contributed by atoms with Gasteiger partial charge in [0.1, 0.15) is 11.5 Å². The maximum atomic E-state index is 13.6. The van der Waals surface area contributed by atoms with Crippen molar-refractivity contribution in [2.45, 2.75) is 0 Å². The van der Waals surface area contributed by atoms with E-state index >= 15 is 0 Å². The Balaban J connectivity index is 2.53. The predicted molar refractivity (Wildman–Crippen MR) is 67.3 cm³/mol. The Morgan fingerprint density at radius 3 is 2.65 bits per heavy atom. The fraction of sp³-hybridized carbons (Fsp3) is 0.182. The first kappa shape index (κ1) is 11.9. The van der Waals surface area contributed by atoms with Crippen LogP contribution in [0.15, 0.2) is 22.7 Å². The number of rotatable bonds is 2. The number of nitrogens with zero attached hydrogens (tertiary/aromatic N) is 2. The third-order valence-corrected chi connectivity index (χ3v) is 3.24. The fourth-order valence-corrected chi connectivity index (χ4v) is 2.07. The van der Waals surface area contributed by atoms with E-state index in [4.69, 9.17) is 10.5 Å². The third kappa shape index (κ3) is 2.00. The van der Waals surface area contributed by atoms with E-state index in [1.807, 2.05) is 0 Å². The molecule has 0 unspecified atom stereocenters. The second-order valence-corrected chi connectivity index (χ2v) is 4.31. The van der Waals surface area contributed by atoms with Crippen LogP contribution in [0.3, 0.4) is 0 Å². The van der Waals surface area contributed by atoms with Gasteiger partial charge in [0.05, 0.1) is 11.6 Å². The van der Waals surface area contributed by atoms with Crippen molar-refractivity contribution in [3.05, 3.63) is 28.5 Å². The molecule has 17 heavy (non-hydrogen) atoms. The lowest BCUT2D eigenvalue weighted by atomic mass is 10.1. The van der Waals surface area contributed by atoms with Crippen molar-refractivity contribution in [2.24, 2.45) is 7.05 Å². The highest BCUT2D eigenvalue weighted by Gasteiger charge is 2.14. The van der Waals surface area contributed by atoms with E-state index in [0.717, 1.165) is 0 Å². The highest BCUT2D eigenvalue weighted by molar-refractivity contribution is 9.10. The number of nitrogen functional groups attached to an aromatic ring is 1. The minimum Gasteiger partial charge on any atom is -0.494 e. The number of methoxy groups -OCH3 is 1. The zero-order chi connectivity index (χ0) is 12.6. The molecule has 0 saturated heterocycles. The molecule has 2 rings (SSSR count). The van der Waals surface area contributed by atoms with Gasteiger partial charge in [0.2, 0.25) is 0 Å². The molecule has 0 saturated carbocycles. The molecule has 0 spiro atoms. The first-order valence-electron chi connectivity index (χ1n) is 4.86. The van der Waals surface area contributed by atoms with Crippen LogP contribution in [0.1, 0.15) is 0 Å². The van der Waals surface area contributed by atoms with E-state index in [1.54, 1.807) is 19.2 Å². The van der Waals surface area contributed by atoms with Crippen LogP contribution in [0.5, 0.6) is 5.75 Å². The van der Waals surface area contributed by atoms with Crippen molar-refractivity contribution in [1.82, 2.24) is 9.78 Å². The van der Waals surface area contributed by atoms with Crippen molar-refractivity contribution in [3.8, 4) is 17.0 Å². The average molecular weight is 300 g/mol. The molecule has 90 valence electrons. The number of benzene rings is 1. The zero-order valence-corrected chi connectivity index (χ0v) is 11.0. The maximum absolute atomic E-state index is 13.6. The van der Waals surface area contributed by atoms with Gasteiger partial charge in [-0.25, -0.2) is 4.39 Å². The van der Waals surface area contributed by atoms with Gasteiger partial charge in [0, 0.05) is 12.6 Å². The number of nitrogens with two attached hydrogens (primary N) is 1. The Morgan fingerprint density at radius 2 is 2.18 bits per heavy atom. The molecule has 0 aliphatic carbocycles. The van der Waals surface area contributed by atoms with Gasteiger partial charge in [-0.05, 0) is 34.1 Å². The monoisotopic (exact) mass is 299 g/mol. The van der Waals surface area contributed by atoms with Crippen LogP contribution >= 0.6 is 15.9 Å². The summed E-state index contributed by atoms with van der Waals surface area (Å²) in [5, 5.41) is 4.21. The molecule has 6 heteroatoms. The Kier molecular flexibility index (Phi) is 3.06. The lowest BCUT2D eigenvalue weighted by Crippen LogP contribution is -1.97. The molecule has 0 bridgehead atoms. The topological polar surface area (TPSA) is 53.1 Å². The summed E-state index contributed by atoms with van der Waals surface area (Å²) in [6.45, 7) is 0. The van der Waals surface area contributed by atoms with Crippen LogP contribution in [0.2, 0.25) is 0 Å². The van der Waals surface area contributed by atoms with Gasteiger partial charge >= 0.3 is 0 Å². The van der Waals surface area contributed by atoms with Gasteiger partial charge in [-0.15, -0.1) is 0 Å². The number of hydrogen-bond donors (Lipinski definition) is 1. The maximum Gasteiger partial charge on any atom is 0.165 e. The van der Waals surface area contributed by atoms with E-state index in [0.29, 0.717) is 21.5 Å². The zero-order valence-electron chi connectivity index (χ0n) is 9.37. The van der Waals surface area contributed by atoms with Crippen LogP contribution < -0.4 is 10.5 Å². The summed E-state index contributed by atoms with van der Waals surface area (Å²) in [6.07, 6.45) is 0. The molecule has 2 N–H and O–H groups in total. The quantitative estimate of drug-likeness (QED) is 0.927. The van der Waals surface area contributed by atoms with Gasteiger partial charge in [-0.1, -0.05) is 0 Å². The third-order valence-electron chi connectivity index (χ3n) is 2.46. The highest BCUT2D eigenvalue weighted by atomic mass is 79.9. The summed E-state index contributed by atoms with van der Waals surface area (Å²) in [7, 11) is 3.15. The number of ether oxygens (including phenoxy) is 1. The summed E-state index contributed by atoms with van der Waals surface area (Å²) in [5.74, 6) is 0.270. The molecule has 0 aliphatic rings. The molecule has 0 fully saturated rings. The van der Waals surface area contributed by atoms with E-state index in [2.05, 4.69) is 21.0 Å². The van der Waals surface area contributed by atoms with Crippen molar-refractivity contribution in [2.75, 3.05) is 12.8 Å². The highest BCUT2D eigenvalue weighted by Crippen LogP contribution is 2.33. The van der Waals surface area contributed by atoms with Crippen LogP contribution in [0.4, 0.5) is 10.2 Å². The van der Waals surface area contributed by atoms with E-state index in [1.165, 1.54) is 17.9 Å². The number of aromatic nitrogens is 2. The number of halogens is 2. The van der Waals surface area contributed by atoms with E-state index < -0.39 is 5.82 Å². The summed E-state index contributed by atoms with van der Waals surface area (Å²) < 4.78 is 20.6. The fourth-order valence-electron chi connectivity index (χ4n) is 1.51. The number of aryl methyl sites for hydroxylation is 1. The Labute approximate surface area is 106 Å². The van der Waals surface area contributed by atoms with Crippen molar-refractivity contribution in [1.29, 1.82) is 0 Å². The van der Waals surface area contributed by atoms with E-state index in [-0.39, 0.29) is 5.75 Å². The molecule has 0 radical (unpaired) electrons. The first-order chi connectivity index (χ1) is 8.04. The van der Waals surface area contributed by atoms with Crippen LogP contribution in [-0.4, -0.2) is 16.9 Å². The SMILES string of the molecule is COc1ccc(-c2nn(C)c(N)c2Br)cc1F. The van der Waals surface area contributed by atoms with Gasteiger partial charge in [0.25, 0.3) is 0 Å². The summed E-state index contributed by atoms with van der Waals surface area (Å²) in [6, 6.07) is 4.65. The average Bonchev–Trinajstić information content (AvgIpc) is 2.57. The van der Waals surface area contributed by atoms with E-state index in [9.17, 15) is 4.39 Å². The molecule has 2 aromatic rings. The minimum atomic E-state index is -0.430. The van der Waals surface area contributed by atoms with Crippen molar-refractivity contribution in [3.63, 3.8) is 0 Å². The summed E-state index contributed by atoms with van der Waals surface area (Å²) in [4.78, 5) is 0. The predicted octanol–water partition coefficient (Wildman–Crippen LogP) is 2.58. The summed E-state index contributed by atoms with van der Waals surface area (Å²) >= 11 is 3.34. The molecular formula is C11H11BrFN3O. The lowest BCUT2D eigenvalue weighted by Gasteiger charge is -2.03. The van der Waals surface area contributed by atoms with Crippen molar-refractivity contribution < 1.29 is 9.13 Å².